The molecule has 4 fully saturated rings. The van der Waals surface area contributed by atoms with Crippen molar-refractivity contribution in [2.75, 3.05) is 0 Å². The first-order valence-electron chi connectivity index (χ1n) is 6.58. The first kappa shape index (κ1) is 12.7. The van der Waals surface area contributed by atoms with Crippen LogP contribution in [-0.4, -0.2) is 12.1 Å². The molecule has 18 heavy (non-hydrogen) atoms. The highest BCUT2D eigenvalue weighted by Gasteiger charge is 2.71. The van der Waals surface area contributed by atoms with E-state index in [9.17, 15) is 22.0 Å². The molecule has 4 aliphatic carbocycles. The van der Waals surface area contributed by atoms with Crippen molar-refractivity contribution < 1.29 is 22.0 Å². The molecule has 0 saturated heterocycles. The molecule has 4 rings (SSSR count). The van der Waals surface area contributed by atoms with E-state index in [-0.39, 0.29) is 0 Å². The van der Waals surface area contributed by atoms with Gasteiger partial charge in [0.15, 0.2) is 0 Å². The van der Waals surface area contributed by atoms with Gasteiger partial charge in [-0.2, -0.15) is 22.0 Å². The van der Waals surface area contributed by atoms with Gasteiger partial charge < -0.3 is 0 Å². The Bertz CT molecular complexity index is 345. The molecule has 4 saturated carbocycles. The fourth-order valence-corrected chi connectivity index (χ4v) is 5.36. The summed E-state index contributed by atoms with van der Waals surface area (Å²) in [6.07, 6.45) is -2.12. The summed E-state index contributed by atoms with van der Waals surface area (Å²) in [6, 6.07) is 0. The monoisotopic (exact) mass is 268 g/mol. The normalized spacial score (nSPS) is 47.7. The average molecular weight is 268 g/mol. The third-order valence-corrected chi connectivity index (χ3v) is 5.44. The molecular weight excluding hydrogens is 251 g/mol. The van der Waals surface area contributed by atoms with Crippen LogP contribution in [0.3, 0.4) is 0 Å². The molecule has 0 spiro atoms. The van der Waals surface area contributed by atoms with Crippen LogP contribution in [0.25, 0.3) is 0 Å². The van der Waals surface area contributed by atoms with Gasteiger partial charge in [-0.25, -0.2) is 0 Å². The molecule has 0 nitrogen and oxygen atoms in total. The maximum Gasteiger partial charge on any atom is 0.453 e. The second kappa shape index (κ2) is 3.40. The number of hydrogen-bond donors (Lipinski definition) is 0. The van der Waals surface area contributed by atoms with Crippen molar-refractivity contribution in [2.24, 2.45) is 29.1 Å². The van der Waals surface area contributed by atoms with Gasteiger partial charge in [0.05, 0.1) is 0 Å². The van der Waals surface area contributed by atoms with E-state index in [0.29, 0.717) is 37.5 Å². The van der Waals surface area contributed by atoms with Gasteiger partial charge in [0.25, 0.3) is 0 Å². The predicted octanol–water partition coefficient (Wildman–Crippen LogP) is 4.65. The number of alkyl halides is 5. The minimum Gasteiger partial charge on any atom is -0.196 e. The van der Waals surface area contributed by atoms with Crippen LogP contribution in [0.15, 0.2) is 0 Å². The fourth-order valence-electron chi connectivity index (χ4n) is 5.36. The Kier molecular flexibility index (Phi) is 2.39. The molecule has 4 aliphatic rings. The quantitative estimate of drug-likeness (QED) is 0.607. The Hall–Kier alpha value is -0.350. The Labute approximate surface area is 103 Å². The topological polar surface area (TPSA) is 0 Å². The first-order chi connectivity index (χ1) is 8.13. The molecule has 3 unspecified atom stereocenters. The molecular formula is C13H17F5. The smallest absolute Gasteiger partial charge is 0.196 e. The molecule has 0 heterocycles. The summed E-state index contributed by atoms with van der Waals surface area (Å²) < 4.78 is 65.6. The molecule has 4 bridgehead atoms. The summed E-state index contributed by atoms with van der Waals surface area (Å²) in [5, 5.41) is 0. The number of rotatable bonds is 1. The second-order valence-corrected chi connectivity index (χ2v) is 6.86. The first-order valence-corrected chi connectivity index (χ1v) is 6.58. The molecule has 104 valence electrons. The van der Waals surface area contributed by atoms with Crippen molar-refractivity contribution in [1.82, 2.24) is 0 Å². The van der Waals surface area contributed by atoms with E-state index >= 15 is 0 Å². The molecule has 0 N–H and O–H groups in total. The minimum absolute atomic E-state index is 0.382. The van der Waals surface area contributed by atoms with Crippen molar-refractivity contribution in [3.05, 3.63) is 0 Å². The SMILES string of the molecule is CC12CC3CC(CC(C3)C1C(F)(F)C(F)(F)F)C2. The molecule has 0 aromatic carbocycles. The highest BCUT2D eigenvalue weighted by Crippen LogP contribution is 2.67. The molecule has 0 amide bonds. The summed E-state index contributed by atoms with van der Waals surface area (Å²) in [5.41, 5.74) is -0.812. The van der Waals surface area contributed by atoms with Crippen LogP contribution >= 0.6 is 0 Å². The predicted molar refractivity (Wildman–Crippen MR) is 56.2 cm³/mol. The van der Waals surface area contributed by atoms with Crippen LogP contribution in [-0.2, 0) is 0 Å². The van der Waals surface area contributed by atoms with E-state index in [1.54, 1.807) is 6.92 Å². The van der Waals surface area contributed by atoms with Crippen LogP contribution in [0.2, 0.25) is 0 Å². The standard InChI is InChI=1S/C13H17F5/c1-11-5-7-2-8(6-11)4-9(3-7)10(11)12(14,15)13(16,17)18/h7-10H,2-6H2,1H3. The summed E-state index contributed by atoms with van der Waals surface area (Å²) in [6.45, 7) is 1.65. The van der Waals surface area contributed by atoms with E-state index in [2.05, 4.69) is 0 Å². The van der Waals surface area contributed by atoms with Gasteiger partial charge in [0.1, 0.15) is 0 Å². The third kappa shape index (κ3) is 1.54. The number of hydrogen-bond acceptors (Lipinski definition) is 0. The van der Waals surface area contributed by atoms with Crippen molar-refractivity contribution in [3.8, 4) is 0 Å². The Morgan fingerprint density at radius 3 is 1.78 bits per heavy atom. The molecule has 0 aromatic heterocycles. The summed E-state index contributed by atoms with van der Waals surface area (Å²) in [5.74, 6) is -5.70. The maximum absolute atomic E-state index is 13.8. The third-order valence-electron chi connectivity index (χ3n) is 5.44. The van der Waals surface area contributed by atoms with Gasteiger partial charge in [0, 0.05) is 5.92 Å². The summed E-state index contributed by atoms with van der Waals surface area (Å²) >= 11 is 0. The van der Waals surface area contributed by atoms with E-state index in [0.717, 1.165) is 6.42 Å². The zero-order valence-corrected chi connectivity index (χ0v) is 10.2. The van der Waals surface area contributed by atoms with Gasteiger partial charge in [-0.1, -0.05) is 6.92 Å². The van der Waals surface area contributed by atoms with Crippen molar-refractivity contribution in [3.63, 3.8) is 0 Å². The van der Waals surface area contributed by atoms with Gasteiger partial charge in [-0.05, 0) is 55.3 Å². The molecule has 0 aliphatic heterocycles. The van der Waals surface area contributed by atoms with Gasteiger partial charge in [-0.3, -0.25) is 0 Å². The molecule has 3 atom stereocenters. The highest BCUT2D eigenvalue weighted by molar-refractivity contribution is 5.09. The van der Waals surface area contributed by atoms with Crippen LogP contribution in [0.4, 0.5) is 22.0 Å². The van der Waals surface area contributed by atoms with E-state index < -0.39 is 29.3 Å². The lowest BCUT2D eigenvalue weighted by molar-refractivity contribution is -0.339. The van der Waals surface area contributed by atoms with Gasteiger partial charge in [-0.15, -0.1) is 0 Å². The largest absolute Gasteiger partial charge is 0.453 e. The highest BCUT2D eigenvalue weighted by atomic mass is 19.4. The fraction of sp³-hybridized carbons (Fsp3) is 1.00. The second-order valence-electron chi connectivity index (χ2n) is 6.86. The van der Waals surface area contributed by atoms with Crippen molar-refractivity contribution in [1.29, 1.82) is 0 Å². The lowest BCUT2D eigenvalue weighted by Crippen LogP contribution is -2.61. The Balaban J connectivity index is 1.97. The van der Waals surface area contributed by atoms with Gasteiger partial charge in [0.2, 0.25) is 0 Å². The number of halogens is 5. The minimum atomic E-state index is -5.41. The Morgan fingerprint density at radius 1 is 0.889 bits per heavy atom. The van der Waals surface area contributed by atoms with Crippen molar-refractivity contribution in [2.45, 2.75) is 51.1 Å². The van der Waals surface area contributed by atoms with E-state index in [1.807, 2.05) is 0 Å². The van der Waals surface area contributed by atoms with Crippen LogP contribution in [0.1, 0.15) is 39.0 Å². The lowest BCUT2D eigenvalue weighted by Gasteiger charge is -2.61. The summed E-state index contributed by atoms with van der Waals surface area (Å²) in [4.78, 5) is 0. The van der Waals surface area contributed by atoms with Gasteiger partial charge >= 0.3 is 12.1 Å². The van der Waals surface area contributed by atoms with Crippen LogP contribution in [0.5, 0.6) is 0 Å². The van der Waals surface area contributed by atoms with Crippen LogP contribution in [0, 0.1) is 29.1 Å². The van der Waals surface area contributed by atoms with Crippen LogP contribution < -0.4 is 0 Å². The summed E-state index contributed by atoms with van der Waals surface area (Å²) in [7, 11) is 0. The zero-order chi connectivity index (χ0) is 13.3. The molecule has 0 radical (unpaired) electrons. The zero-order valence-electron chi connectivity index (χ0n) is 10.2. The molecule has 5 heteroatoms. The average Bonchev–Trinajstić information content (AvgIpc) is 2.10. The van der Waals surface area contributed by atoms with E-state index in [1.165, 1.54) is 0 Å². The lowest BCUT2D eigenvalue weighted by atomic mass is 9.44. The molecule has 0 aromatic rings. The van der Waals surface area contributed by atoms with E-state index in [4.69, 9.17) is 0 Å². The van der Waals surface area contributed by atoms with Crippen molar-refractivity contribution >= 4 is 0 Å². The maximum atomic E-state index is 13.8. The Morgan fingerprint density at radius 2 is 1.39 bits per heavy atom.